The minimum Gasteiger partial charge on any atom is -0.360 e. The highest BCUT2D eigenvalue weighted by Crippen LogP contribution is 2.35. The molecule has 0 bridgehead atoms. The molecule has 174 valence electrons. The lowest BCUT2D eigenvalue weighted by Gasteiger charge is -2.18. The summed E-state index contributed by atoms with van der Waals surface area (Å²) in [6.07, 6.45) is 3.24. The third kappa shape index (κ3) is 4.54. The van der Waals surface area contributed by atoms with Gasteiger partial charge in [-0.1, -0.05) is 6.07 Å². The molecule has 1 atom stereocenters. The lowest BCUT2D eigenvalue weighted by Crippen LogP contribution is -2.42. The number of H-pyrrole nitrogens is 1. The molecular formula is C18H21N9O4S2. The molecule has 0 saturated carbocycles. The van der Waals surface area contributed by atoms with Crippen LogP contribution in [0.15, 0.2) is 61.7 Å². The Bertz CT molecular complexity index is 1490. The van der Waals surface area contributed by atoms with Crippen LogP contribution in [-0.2, 0) is 20.0 Å². The number of aliphatic imine (C=N–C) groups is 1. The van der Waals surface area contributed by atoms with E-state index in [-0.39, 0.29) is 31.2 Å². The van der Waals surface area contributed by atoms with Crippen molar-refractivity contribution in [2.45, 2.75) is 15.8 Å². The molecule has 0 spiro atoms. The van der Waals surface area contributed by atoms with Crippen LogP contribution in [0.1, 0.15) is 5.56 Å². The molecule has 8 N–H and O–H groups in total. The van der Waals surface area contributed by atoms with Gasteiger partial charge in [-0.15, -0.1) is 5.11 Å². The number of amidine groups is 1. The Kier molecular flexibility index (Phi) is 6.08. The number of pyridine rings is 1. The molecule has 13 nitrogen and oxygen atoms in total. The lowest BCUT2D eigenvalue weighted by molar-refractivity contribution is 0.563. The van der Waals surface area contributed by atoms with E-state index in [1.807, 2.05) is 0 Å². The molecule has 33 heavy (non-hydrogen) atoms. The SMILES string of the molecule is NC[C@@H](N)CNS(=O)(=O)c1ccc(-c2cnc3cc[nH]c3c2)c(C2=NCN=N2)c1S(N)(=O)=O. The first-order chi connectivity index (χ1) is 15.6. The van der Waals surface area contributed by atoms with Gasteiger partial charge in [-0.05, 0) is 23.8 Å². The van der Waals surface area contributed by atoms with Gasteiger partial charge in [0.2, 0.25) is 20.0 Å². The smallest absolute Gasteiger partial charge is 0.241 e. The zero-order chi connectivity index (χ0) is 23.8. The molecule has 15 heteroatoms. The summed E-state index contributed by atoms with van der Waals surface area (Å²) in [7, 11) is -8.93. The second-order valence-corrected chi connectivity index (χ2v) is 10.4. The highest BCUT2D eigenvalue weighted by atomic mass is 32.2. The van der Waals surface area contributed by atoms with Crippen LogP contribution < -0.4 is 21.3 Å². The summed E-state index contributed by atoms with van der Waals surface area (Å²) in [4.78, 5) is 10.3. The Labute approximate surface area is 189 Å². The molecule has 3 aromatic rings. The van der Waals surface area contributed by atoms with Crippen LogP contribution in [-0.4, -0.2) is 58.4 Å². The van der Waals surface area contributed by atoms with E-state index in [0.717, 1.165) is 6.07 Å². The summed E-state index contributed by atoms with van der Waals surface area (Å²) >= 11 is 0. The number of azo groups is 1. The van der Waals surface area contributed by atoms with E-state index in [0.29, 0.717) is 22.2 Å². The fourth-order valence-corrected chi connectivity index (χ4v) is 6.03. The molecular weight excluding hydrogens is 470 g/mol. The Hall–Kier alpha value is -3.08. The standard InChI is InChI=1S/C18H21N9O4S2/c19-6-11(20)8-26-33(30,31)15-2-1-12(10-5-14-13(23-7-10)3-4-22-14)16(17(15)32(21,28)29)18-24-9-25-27-18/h1-5,7,11,22,26H,6,8-9,19-20H2,(H2,21,28,29)/t11-/m1/s1. The molecule has 0 amide bonds. The van der Waals surface area contributed by atoms with Crippen molar-refractivity contribution in [3.8, 4) is 11.1 Å². The molecule has 0 fully saturated rings. The third-order valence-electron chi connectivity index (χ3n) is 4.92. The van der Waals surface area contributed by atoms with Crippen molar-refractivity contribution in [1.29, 1.82) is 0 Å². The number of primary sulfonamides is 1. The monoisotopic (exact) mass is 491 g/mol. The number of sulfonamides is 2. The molecule has 2 aromatic heterocycles. The minimum atomic E-state index is -4.58. The minimum absolute atomic E-state index is 0.0279. The van der Waals surface area contributed by atoms with Gasteiger partial charge >= 0.3 is 0 Å². The average Bonchev–Trinajstić information content (AvgIpc) is 3.47. The second-order valence-electron chi connectivity index (χ2n) is 7.21. The van der Waals surface area contributed by atoms with Crippen LogP contribution in [0.3, 0.4) is 0 Å². The van der Waals surface area contributed by atoms with E-state index in [4.69, 9.17) is 16.6 Å². The van der Waals surface area contributed by atoms with E-state index in [1.165, 1.54) is 12.3 Å². The summed E-state index contributed by atoms with van der Waals surface area (Å²) in [6, 6.07) is 5.46. The van der Waals surface area contributed by atoms with Crippen LogP contribution >= 0.6 is 0 Å². The van der Waals surface area contributed by atoms with E-state index in [1.54, 1.807) is 18.3 Å². The van der Waals surface area contributed by atoms with Crippen LogP contribution in [0, 0.1) is 0 Å². The number of nitrogens with zero attached hydrogens (tertiary/aromatic N) is 4. The highest BCUT2D eigenvalue weighted by molar-refractivity contribution is 7.92. The fourth-order valence-electron chi connectivity index (χ4n) is 3.34. The van der Waals surface area contributed by atoms with Gasteiger partial charge in [0.25, 0.3) is 0 Å². The first-order valence-corrected chi connectivity index (χ1v) is 12.7. The van der Waals surface area contributed by atoms with E-state index >= 15 is 0 Å². The van der Waals surface area contributed by atoms with Gasteiger partial charge in [-0.3, -0.25) is 4.98 Å². The van der Waals surface area contributed by atoms with E-state index in [2.05, 4.69) is 29.9 Å². The lowest BCUT2D eigenvalue weighted by atomic mass is 10.00. The van der Waals surface area contributed by atoms with Gasteiger partial charge in [-0.2, -0.15) is 5.11 Å². The summed E-state index contributed by atoms with van der Waals surface area (Å²) in [5.74, 6) is -0.0590. The molecule has 1 aliphatic rings. The van der Waals surface area contributed by atoms with Gasteiger partial charge in [0.05, 0.1) is 16.6 Å². The van der Waals surface area contributed by atoms with Crippen molar-refractivity contribution in [3.05, 3.63) is 42.2 Å². The van der Waals surface area contributed by atoms with Gasteiger partial charge in [0.1, 0.15) is 9.79 Å². The maximum absolute atomic E-state index is 13.0. The number of rotatable bonds is 8. The van der Waals surface area contributed by atoms with Gasteiger partial charge in [0.15, 0.2) is 12.5 Å². The number of hydrogen-bond donors (Lipinski definition) is 5. The van der Waals surface area contributed by atoms with Crippen LogP contribution in [0.25, 0.3) is 22.2 Å². The largest absolute Gasteiger partial charge is 0.360 e. The summed E-state index contributed by atoms with van der Waals surface area (Å²) in [6.45, 7) is -0.207. The molecule has 1 aliphatic heterocycles. The number of hydrogen-bond acceptors (Lipinski definition) is 10. The number of nitrogens with two attached hydrogens (primary N) is 3. The summed E-state index contributed by atoms with van der Waals surface area (Å²) in [5, 5.41) is 13.2. The number of nitrogens with one attached hydrogen (secondary N) is 2. The second kappa shape index (κ2) is 8.69. The van der Waals surface area contributed by atoms with E-state index < -0.39 is 35.9 Å². The summed E-state index contributed by atoms with van der Waals surface area (Å²) < 4.78 is 53.8. The van der Waals surface area contributed by atoms with Crippen molar-refractivity contribution in [1.82, 2.24) is 14.7 Å². The van der Waals surface area contributed by atoms with Crippen molar-refractivity contribution in [3.63, 3.8) is 0 Å². The first-order valence-electron chi connectivity index (χ1n) is 9.63. The third-order valence-corrected chi connectivity index (χ3v) is 7.50. The Balaban J connectivity index is 1.99. The maximum atomic E-state index is 13.0. The number of aromatic nitrogens is 2. The van der Waals surface area contributed by atoms with Crippen LogP contribution in [0.4, 0.5) is 0 Å². The van der Waals surface area contributed by atoms with E-state index in [9.17, 15) is 16.8 Å². The Morgan fingerprint density at radius 3 is 2.64 bits per heavy atom. The number of fused-ring (bicyclic) bond motifs is 1. The normalized spacial score (nSPS) is 15.2. The van der Waals surface area contributed by atoms with Crippen molar-refractivity contribution < 1.29 is 16.8 Å². The topological polar surface area (TPSA) is 224 Å². The maximum Gasteiger partial charge on any atom is 0.241 e. The van der Waals surface area contributed by atoms with Crippen LogP contribution in [0.5, 0.6) is 0 Å². The highest BCUT2D eigenvalue weighted by Gasteiger charge is 2.32. The van der Waals surface area contributed by atoms with Crippen LogP contribution in [0.2, 0.25) is 0 Å². The number of benzene rings is 1. The predicted octanol–water partition coefficient (Wildman–Crippen LogP) is -0.388. The van der Waals surface area contributed by atoms with Gasteiger partial charge in [0, 0.05) is 37.1 Å². The molecule has 0 unspecified atom stereocenters. The molecule has 4 rings (SSSR count). The molecule has 3 heterocycles. The van der Waals surface area contributed by atoms with Crippen molar-refractivity contribution in [2.75, 3.05) is 19.8 Å². The van der Waals surface area contributed by atoms with Gasteiger partial charge < -0.3 is 16.5 Å². The fraction of sp³-hybridized carbons (Fsp3) is 0.222. The molecule has 1 aromatic carbocycles. The predicted molar refractivity (Wildman–Crippen MR) is 121 cm³/mol. The first kappa shape index (κ1) is 23.1. The van der Waals surface area contributed by atoms with Gasteiger partial charge in [-0.25, -0.2) is 31.7 Å². The quantitative estimate of drug-likeness (QED) is 0.280. The molecule has 0 radical (unpaired) electrons. The Morgan fingerprint density at radius 1 is 1.18 bits per heavy atom. The number of aromatic amines is 1. The molecule has 0 saturated heterocycles. The molecule has 0 aliphatic carbocycles. The average molecular weight is 492 g/mol. The summed E-state index contributed by atoms with van der Waals surface area (Å²) in [5.41, 5.74) is 13.3. The Morgan fingerprint density at radius 2 is 1.97 bits per heavy atom. The zero-order valence-corrected chi connectivity index (χ0v) is 18.8. The zero-order valence-electron chi connectivity index (χ0n) is 17.1. The van der Waals surface area contributed by atoms with Crippen molar-refractivity contribution >= 4 is 36.9 Å². The van der Waals surface area contributed by atoms with Crippen molar-refractivity contribution in [2.24, 2.45) is 31.8 Å².